The van der Waals surface area contributed by atoms with E-state index in [2.05, 4.69) is 26.1 Å². The van der Waals surface area contributed by atoms with Crippen LogP contribution in [-0.4, -0.2) is 32.4 Å². The summed E-state index contributed by atoms with van der Waals surface area (Å²) in [5.41, 5.74) is 0. The monoisotopic (exact) mass is 316 g/mol. The largest absolute Gasteiger partial charge is 0.312 e. The molecule has 114 valence electrons. The molecule has 0 bridgehead atoms. The normalized spacial score (nSPS) is 24.4. The number of hydrogen-bond acceptors (Lipinski definition) is 4. The average molecular weight is 316 g/mol. The first-order valence-corrected chi connectivity index (χ1v) is 9.56. The summed E-state index contributed by atoms with van der Waals surface area (Å²) >= 11 is 1.52. The molecule has 4 nitrogen and oxygen atoms in total. The topological polar surface area (TPSA) is 49.4 Å². The van der Waals surface area contributed by atoms with E-state index in [1.165, 1.54) is 11.3 Å². The van der Waals surface area contributed by atoms with Gasteiger partial charge in [-0.1, -0.05) is 20.8 Å². The maximum atomic E-state index is 12.7. The summed E-state index contributed by atoms with van der Waals surface area (Å²) in [5, 5.41) is 5.16. The van der Waals surface area contributed by atoms with Crippen molar-refractivity contribution in [1.82, 2.24) is 9.62 Å². The van der Waals surface area contributed by atoms with Gasteiger partial charge in [0.15, 0.2) is 0 Å². The summed E-state index contributed by atoms with van der Waals surface area (Å²) < 4.78 is 27.1. The van der Waals surface area contributed by atoms with E-state index in [9.17, 15) is 8.42 Å². The van der Waals surface area contributed by atoms with Crippen molar-refractivity contribution in [1.29, 1.82) is 0 Å². The SMILES string of the molecule is CCCNCc1sccc1S(=O)(=O)N1CC(C)C(C)C1. The summed E-state index contributed by atoms with van der Waals surface area (Å²) in [6.07, 6.45) is 1.05. The molecule has 1 fully saturated rings. The van der Waals surface area contributed by atoms with Gasteiger partial charge in [-0.3, -0.25) is 0 Å². The third-order valence-corrected chi connectivity index (χ3v) is 6.96. The Morgan fingerprint density at radius 2 is 2.00 bits per heavy atom. The van der Waals surface area contributed by atoms with Crippen molar-refractivity contribution in [2.24, 2.45) is 11.8 Å². The zero-order chi connectivity index (χ0) is 14.8. The molecule has 6 heteroatoms. The predicted octanol–water partition coefficient (Wildman–Crippen LogP) is 2.52. The molecule has 2 atom stereocenters. The molecule has 1 aromatic heterocycles. The second kappa shape index (κ2) is 6.56. The number of nitrogens with one attached hydrogen (secondary N) is 1. The second-order valence-corrected chi connectivity index (χ2v) is 8.57. The molecule has 1 aliphatic heterocycles. The van der Waals surface area contributed by atoms with Crippen molar-refractivity contribution in [3.63, 3.8) is 0 Å². The van der Waals surface area contributed by atoms with Crippen molar-refractivity contribution in [3.8, 4) is 0 Å². The van der Waals surface area contributed by atoms with Gasteiger partial charge in [0.1, 0.15) is 0 Å². The van der Waals surface area contributed by atoms with Gasteiger partial charge in [-0.05, 0) is 36.2 Å². The highest BCUT2D eigenvalue weighted by Crippen LogP contribution is 2.31. The van der Waals surface area contributed by atoms with E-state index in [4.69, 9.17) is 0 Å². The Labute approximate surface area is 126 Å². The molecule has 0 aliphatic carbocycles. The molecule has 0 saturated carbocycles. The Kier molecular flexibility index (Phi) is 5.23. The summed E-state index contributed by atoms with van der Waals surface area (Å²) in [6.45, 7) is 9.18. The van der Waals surface area contributed by atoms with E-state index in [-0.39, 0.29) is 0 Å². The third kappa shape index (κ3) is 3.24. The van der Waals surface area contributed by atoms with E-state index in [0.29, 0.717) is 36.4 Å². The molecule has 0 aromatic carbocycles. The summed E-state index contributed by atoms with van der Waals surface area (Å²) in [4.78, 5) is 1.41. The first-order chi connectivity index (χ1) is 9.46. The molecule has 1 N–H and O–H groups in total. The molecule has 2 unspecified atom stereocenters. The van der Waals surface area contributed by atoms with Gasteiger partial charge in [0.2, 0.25) is 10.0 Å². The van der Waals surface area contributed by atoms with Gasteiger partial charge >= 0.3 is 0 Å². The van der Waals surface area contributed by atoms with Gasteiger partial charge in [-0.25, -0.2) is 8.42 Å². The van der Waals surface area contributed by atoms with Crippen LogP contribution in [-0.2, 0) is 16.6 Å². The first kappa shape index (κ1) is 15.9. The Morgan fingerprint density at radius 1 is 1.35 bits per heavy atom. The number of nitrogens with zero attached hydrogens (tertiary/aromatic N) is 1. The lowest BCUT2D eigenvalue weighted by Gasteiger charge is -2.16. The summed E-state index contributed by atoms with van der Waals surface area (Å²) in [6, 6.07) is 1.75. The fourth-order valence-electron chi connectivity index (χ4n) is 2.48. The molecule has 0 amide bonds. The van der Waals surface area contributed by atoms with Gasteiger partial charge in [0.05, 0.1) is 4.90 Å². The zero-order valence-corrected chi connectivity index (χ0v) is 14.1. The Balaban J connectivity index is 2.16. The van der Waals surface area contributed by atoms with Crippen LogP contribution in [0, 0.1) is 11.8 Å². The zero-order valence-electron chi connectivity index (χ0n) is 12.4. The van der Waals surface area contributed by atoms with Crippen LogP contribution in [0.15, 0.2) is 16.3 Å². The van der Waals surface area contributed by atoms with Crippen molar-refractivity contribution >= 4 is 21.4 Å². The Bertz CT molecular complexity index is 529. The molecule has 1 aliphatic rings. The number of hydrogen-bond donors (Lipinski definition) is 1. The van der Waals surface area contributed by atoms with E-state index in [1.54, 1.807) is 10.4 Å². The minimum atomic E-state index is -3.33. The van der Waals surface area contributed by atoms with E-state index < -0.39 is 10.0 Å². The van der Waals surface area contributed by atoms with Crippen LogP contribution in [0.25, 0.3) is 0 Å². The molecule has 1 saturated heterocycles. The second-order valence-electron chi connectivity index (χ2n) is 5.66. The molecule has 1 aromatic rings. The molecule has 20 heavy (non-hydrogen) atoms. The van der Waals surface area contributed by atoms with Crippen LogP contribution < -0.4 is 5.32 Å². The number of rotatable bonds is 6. The maximum absolute atomic E-state index is 12.7. The van der Waals surface area contributed by atoms with Crippen molar-refractivity contribution in [2.45, 2.75) is 38.6 Å². The molecular formula is C14H24N2O2S2. The lowest BCUT2D eigenvalue weighted by molar-refractivity contribution is 0.462. The highest BCUT2D eigenvalue weighted by molar-refractivity contribution is 7.89. The Hall–Kier alpha value is -0.430. The van der Waals surface area contributed by atoms with Crippen LogP contribution in [0.4, 0.5) is 0 Å². The van der Waals surface area contributed by atoms with Crippen molar-refractivity contribution in [2.75, 3.05) is 19.6 Å². The minimum absolute atomic E-state index is 0.435. The highest BCUT2D eigenvalue weighted by Gasteiger charge is 2.36. The fraction of sp³-hybridized carbons (Fsp3) is 0.714. The number of sulfonamides is 1. The van der Waals surface area contributed by atoms with Crippen LogP contribution in [0.1, 0.15) is 32.1 Å². The van der Waals surface area contributed by atoms with E-state index >= 15 is 0 Å². The molecule has 0 spiro atoms. The molecule has 2 rings (SSSR count). The average Bonchev–Trinajstić information content (AvgIpc) is 2.98. The van der Waals surface area contributed by atoms with Crippen LogP contribution in [0.3, 0.4) is 0 Å². The molecule has 2 heterocycles. The van der Waals surface area contributed by atoms with Crippen molar-refractivity contribution < 1.29 is 8.42 Å². The van der Waals surface area contributed by atoms with E-state index in [1.807, 2.05) is 5.38 Å². The van der Waals surface area contributed by atoms with Crippen LogP contribution in [0.5, 0.6) is 0 Å². The maximum Gasteiger partial charge on any atom is 0.244 e. The molecular weight excluding hydrogens is 292 g/mol. The Morgan fingerprint density at radius 3 is 2.60 bits per heavy atom. The van der Waals surface area contributed by atoms with Crippen LogP contribution in [0.2, 0.25) is 0 Å². The summed E-state index contributed by atoms with van der Waals surface area (Å²) in [7, 11) is -3.33. The van der Waals surface area contributed by atoms with Gasteiger partial charge in [-0.2, -0.15) is 4.31 Å². The third-order valence-electron chi connectivity index (χ3n) is 3.99. The van der Waals surface area contributed by atoms with Gasteiger partial charge < -0.3 is 5.32 Å². The highest BCUT2D eigenvalue weighted by atomic mass is 32.2. The predicted molar refractivity (Wildman–Crippen MR) is 83.4 cm³/mol. The quantitative estimate of drug-likeness (QED) is 0.821. The van der Waals surface area contributed by atoms with Gasteiger partial charge in [0.25, 0.3) is 0 Å². The minimum Gasteiger partial charge on any atom is -0.312 e. The lowest BCUT2D eigenvalue weighted by Crippen LogP contribution is -2.29. The summed E-state index contributed by atoms with van der Waals surface area (Å²) in [5.74, 6) is 0.871. The lowest BCUT2D eigenvalue weighted by atomic mass is 10.0. The van der Waals surface area contributed by atoms with E-state index in [0.717, 1.165) is 17.8 Å². The smallest absolute Gasteiger partial charge is 0.244 e. The van der Waals surface area contributed by atoms with Gasteiger partial charge in [0, 0.05) is 24.5 Å². The van der Waals surface area contributed by atoms with Gasteiger partial charge in [-0.15, -0.1) is 11.3 Å². The number of thiophene rings is 1. The molecule has 0 radical (unpaired) electrons. The van der Waals surface area contributed by atoms with Crippen molar-refractivity contribution in [3.05, 3.63) is 16.3 Å². The van der Waals surface area contributed by atoms with Crippen LogP contribution >= 0.6 is 11.3 Å². The first-order valence-electron chi connectivity index (χ1n) is 7.24. The fourth-order valence-corrected chi connectivity index (χ4v) is 5.50. The standard InChI is InChI=1S/C14H24N2O2S2/c1-4-6-15-8-13-14(5-7-19-13)20(17,18)16-9-11(2)12(3)10-16/h5,7,11-12,15H,4,6,8-10H2,1-3H3.